The molecule has 0 aliphatic carbocycles. The normalized spacial score (nSPS) is 10.9. The Morgan fingerprint density at radius 2 is 1.94 bits per heavy atom. The molecule has 0 bridgehead atoms. The van der Waals surface area contributed by atoms with Gasteiger partial charge in [-0.1, -0.05) is 24.3 Å². The molecule has 0 atom stereocenters. The molecule has 0 radical (unpaired) electrons. The number of aliphatic hydroxyl groups excluding tert-OH is 1. The van der Waals surface area contributed by atoms with Crippen molar-refractivity contribution in [1.29, 1.82) is 0 Å². The largest absolute Gasteiger partial charge is 0.396 e. The van der Waals surface area contributed by atoms with Gasteiger partial charge in [-0.2, -0.15) is 0 Å². The van der Waals surface area contributed by atoms with Crippen molar-refractivity contribution in [2.24, 2.45) is 0 Å². The Kier molecular flexibility index (Phi) is 4.47. The molecule has 0 unspecified atom stereocenters. The Bertz CT molecular complexity index is 470. The number of fused-ring (bicyclic) bond motifs is 1. The zero-order valence-electron chi connectivity index (χ0n) is 9.89. The molecule has 2 N–H and O–H groups in total. The molecule has 2 rings (SSSR count). The molecule has 17 heavy (non-hydrogen) atoms. The summed E-state index contributed by atoms with van der Waals surface area (Å²) in [7, 11) is 0. The van der Waals surface area contributed by atoms with Crippen LogP contribution in [0.1, 0.15) is 18.5 Å². The van der Waals surface area contributed by atoms with Crippen molar-refractivity contribution >= 4 is 10.9 Å². The Morgan fingerprint density at radius 3 is 2.82 bits per heavy atom. The van der Waals surface area contributed by atoms with E-state index in [2.05, 4.69) is 28.5 Å². The van der Waals surface area contributed by atoms with Crippen LogP contribution in [0.4, 0.5) is 0 Å². The number of benzene rings is 1. The number of unbranched alkanes of at least 4 members (excludes halogenated alkanes) is 1. The molecular formula is C14H18N2O. The third-order valence-electron chi connectivity index (χ3n) is 2.72. The molecule has 0 fully saturated rings. The van der Waals surface area contributed by atoms with Gasteiger partial charge >= 0.3 is 0 Å². The first-order chi connectivity index (χ1) is 8.40. The van der Waals surface area contributed by atoms with Crippen LogP contribution in [0, 0.1) is 0 Å². The number of aromatic nitrogens is 1. The van der Waals surface area contributed by atoms with E-state index in [4.69, 9.17) is 5.11 Å². The summed E-state index contributed by atoms with van der Waals surface area (Å²) in [5, 5.41) is 13.2. The van der Waals surface area contributed by atoms with E-state index in [1.807, 2.05) is 18.2 Å². The summed E-state index contributed by atoms with van der Waals surface area (Å²) in [4.78, 5) is 4.58. The lowest BCUT2D eigenvalue weighted by atomic mass is 10.2. The van der Waals surface area contributed by atoms with Crippen LogP contribution in [-0.2, 0) is 6.54 Å². The zero-order valence-corrected chi connectivity index (χ0v) is 9.89. The highest BCUT2D eigenvalue weighted by Gasteiger charge is 1.97. The Balaban J connectivity index is 1.90. The molecule has 0 saturated carbocycles. The van der Waals surface area contributed by atoms with Crippen LogP contribution >= 0.6 is 0 Å². The second-order valence-corrected chi connectivity index (χ2v) is 4.10. The summed E-state index contributed by atoms with van der Waals surface area (Å²) in [6.07, 6.45) is 1.86. The number of hydrogen-bond donors (Lipinski definition) is 2. The maximum atomic E-state index is 8.66. The Hall–Kier alpha value is -1.45. The van der Waals surface area contributed by atoms with E-state index in [9.17, 15) is 0 Å². The van der Waals surface area contributed by atoms with E-state index in [0.29, 0.717) is 0 Å². The number of hydrogen-bond acceptors (Lipinski definition) is 3. The maximum absolute atomic E-state index is 8.66. The van der Waals surface area contributed by atoms with Crippen molar-refractivity contribution in [3.8, 4) is 0 Å². The second kappa shape index (κ2) is 6.33. The van der Waals surface area contributed by atoms with Gasteiger partial charge in [-0.05, 0) is 31.5 Å². The molecule has 90 valence electrons. The molecule has 0 aliphatic heterocycles. The van der Waals surface area contributed by atoms with Crippen LogP contribution < -0.4 is 5.32 Å². The minimum atomic E-state index is 0.274. The van der Waals surface area contributed by atoms with Gasteiger partial charge in [0.1, 0.15) is 0 Å². The third kappa shape index (κ3) is 3.51. The van der Waals surface area contributed by atoms with Gasteiger partial charge in [-0.15, -0.1) is 0 Å². The minimum absolute atomic E-state index is 0.274. The van der Waals surface area contributed by atoms with Crippen molar-refractivity contribution < 1.29 is 5.11 Å². The molecule has 3 nitrogen and oxygen atoms in total. The second-order valence-electron chi connectivity index (χ2n) is 4.10. The molecule has 1 aromatic heterocycles. The molecule has 1 heterocycles. The van der Waals surface area contributed by atoms with Crippen molar-refractivity contribution in [2.45, 2.75) is 19.4 Å². The van der Waals surface area contributed by atoms with Crippen LogP contribution in [0.3, 0.4) is 0 Å². The average Bonchev–Trinajstić information content (AvgIpc) is 2.38. The van der Waals surface area contributed by atoms with Crippen LogP contribution in [0.15, 0.2) is 36.4 Å². The van der Waals surface area contributed by atoms with Gasteiger partial charge in [0.2, 0.25) is 0 Å². The summed E-state index contributed by atoms with van der Waals surface area (Å²) < 4.78 is 0. The highest BCUT2D eigenvalue weighted by molar-refractivity contribution is 5.78. The van der Waals surface area contributed by atoms with Crippen LogP contribution in [0.25, 0.3) is 10.9 Å². The van der Waals surface area contributed by atoms with Crippen LogP contribution in [0.2, 0.25) is 0 Å². The molecule has 0 saturated heterocycles. The zero-order chi connectivity index (χ0) is 11.9. The predicted octanol–water partition coefficient (Wildman–Crippen LogP) is 2.10. The van der Waals surface area contributed by atoms with Gasteiger partial charge in [0.15, 0.2) is 0 Å². The summed E-state index contributed by atoms with van der Waals surface area (Å²) in [6.45, 7) is 1.99. The smallest absolute Gasteiger partial charge is 0.0705 e. The molecular weight excluding hydrogens is 212 g/mol. The number of aliphatic hydroxyl groups is 1. The van der Waals surface area contributed by atoms with E-state index < -0.39 is 0 Å². The molecule has 2 aromatic rings. The highest BCUT2D eigenvalue weighted by atomic mass is 16.2. The van der Waals surface area contributed by atoms with Crippen LogP contribution in [-0.4, -0.2) is 23.2 Å². The van der Waals surface area contributed by atoms with Gasteiger partial charge in [0.25, 0.3) is 0 Å². The topological polar surface area (TPSA) is 45.1 Å². The van der Waals surface area contributed by atoms with E-state index in [1.54, 1.807) is 0 Å². The van der Waals surface area contributed by atoms with E-state index in [1.165, 1.54) is 5.39 Å². The quantitative estimate of drug-likeness (QED) is 0.747. The molecule has 0 aliphatic rings. The third-order valence-corrected chi connectivity index (χ3v) is 2.72. The van der Waals surface area contributed by atoms with Crippen molar-refractivity contribution in [1.82, 2.24) is 10.3 Å². The summed E-state index contributed by atoms with van der Waals surface area (Å²) in [5.74, 6) is 0. The van der Waals surface area contributed by atoms with E-state index >= 15 is 0 Å². The summed E-state index contributed by atoms with van der Waals surface area (Å²) in [6, 6.07) is 12.3. The number of pyridine rings is 1. The summed E-state index contributed by atoms with van der Waals surface area (Å²) >= 11 is 0. The fraction of sp³-hybridized carbons (Fsp3) is 0.357. The molecule has 3 heteroatoms. The van der Waals surface area contributed by atoms with Gasteiger partial charge in [0, 0.05) is 18.5 Å². The number of para-hydroxylation sites is 1. The molecule has 1 aromatic carbocycles. The first kappa shape index (κ1) is 12.0. The van der Waals surface area contributed by atoms with E-state index in [0.717, 1.165) is 37.1 Å². The summed E-state index contributed by atoms with van der Waals surface area (Å²) in [5.41, 5.74) is 2.11. The number of nitrogens with zero attached hydrogens (tertiary/aromatic N) is 1. The fourth-order valence-electron chi connectivity index (χ4n) is 1.78. The van der Waals surface area contributed by atoms with Crippen molar-refractivity contribution in [2.75, 3.05) is 13.2 Å². The monoisotopic (exact) mass is 230 g/mol. The van der Waals surface area contributed by atoms with Gasteiger partial charge in [-0.3, -0.25) is 4.98 Å². The lowest BCUT2D eigenvalue weighted by molar-refractivity contribution is 0.283. The van der Waals surface area contributed by atoms with Gasteiger partial charge < -0.3 is 10.4 Å². The Morgan fingerprint density at radius 1 is 1.06 bits per heavy atom. The first-order valence-corrected chi connectivity index (χ1v) is 6.06. The predicted molar refractivity (Wildman–Crippen MR) is 69.8 cm³/mol. The van der Waals surface area contributed by atoms with Crippen molar-refractivity contribution in [3.05, 3.63) is 42.1 Å². The van der Waals surface area contributed by atoms with Crippen molar-refractivity contribution in [3.63, 3.8) is 0 Å². The SMILES string of the molecule is OCCCCNCc1ccc2ccccc2n1. The highest BCUT2D eigenvalue weighted by Crippen LogP contribution is 2.11. The Labute approximate surface area is 102 Å². The molecule has 0 spiro atoms. The lowest BCUT2D eigenvalue weighted by Crippen LogP contribution is -2.15. The lowest BCUT2D eigenvalue weighted by Gasteiger charge is -2.05. The average molecular weight is 230 g/mol. The number of rotatable bonds is 6. The van der Waals surface area contributed by atoms with Gasteiger partial charge in [0.05, 0.1) is 11.2 Å². The fourth-order valence-corrected chi connectivity index (χ4v) is 1.78. The van der Waals surface area contributed by atoms with E-state index in [-0.39, 0.29) is 6.61 Å². The standard InChI is InChI=1S/C14H18N2O/c17-10-4-3-9-15-11-13-8-7-12-5-1-2-6-14(12)16-13/h1-2,5-8,15,17H,3-4,9-11H2. The first-order valence-electron chi connectivity index (χ1n) is 6.06. The number of nitrogens with one attached hydrogen (secondary N) is 1. The molecule has 0 amide bonds. The van der Waals surface area contributed by atoms with Crippen LogP contribution in [0.5, 0.6) is 0 Å². The maximum Gasteiger partial charge on any atom is 0.0705 e. The minimum Gasteiger partial charge on any atom is -0.396 e. The van der Waals surface area contributed by atoms with Gasteiger partial charge in [-0.25, -0.2) is 0 Å².